The van der Waals surface area contributed by atoms with E-state index in [1.807, 2.05) is 30.3 Å². The van der Waals surface area contributed by atoms with Gasteiger partial charge in [-0.1, -0.05) is 30.3 Å². The van der Waals surface area contributed by atoms with Gasteiger partial charge in [0.05, 0.1) is 0 Å². The second-order valence-corrected chi connectivity index (χ2v) is 5.82. The van der Waals surface area contributed by atoms with Crippen LogP contribution < -0.4 is 10.6 Å². The first-order valence-corrected chi connectivity index (χ1v) is 7.41. The Labute approximate surface area is 142 Å². The van der Waals surface area contributed by atoms with Gasteiger partial charge in [-0.05, 0) is 5.56 Å². The second-order valence-electron chi connectivity index (χ2n) is 5.82. The maximum Gasteiger partial charge on any atom is 0.242 e. The molecule has 0 spiro atoms. The van der Waals surface area contributed by atoms with E-state index < -0.39 is 11.6 Å². The molecule has 2 rings (SSSR count). The van der Waals surface area contributed by atoms with Crippen LogP contribution in [0.4, 0.5) is 0 Å². The molecule has 6 nitrogen and oxygen atoms in total. The van der Waals surface area contributed by atoms with Crippen LogP contribution in [0, 0.1) is 0 Å². The molecule has 1 unspecified atom stereocenters. The average Bonchev–Trinajstić information content (AvgIpc) is 2.49. The van der Waals surface area contributed by atoms with Crippen molar-refractivity contribution in [2.24, 2.45) is 0 Å². The molecular formula is C16H24ClN3O3. The van der Waals surface area contributed by atoms with E-state index in [0.29, 0.717) is 13.1 Å². The van der Waals surface area contributed by atoms with Crippen LogP contribution in [0.15, 0.2) is 30.3 Å². The fourth-order valence-corrected chi connectivity index (χ4v) is 2.71. The zero-order valence-electron chi connectivity index (χ0n) is 13.4. The van der Waals surface area contributed by atoms with Crippen LogP contribution >= 0.6 is 12.4 Å². The molecule has 3 N–H and O–H groups in total. The van der Waals surface area contributed by atoms with Gasteiger partial charge in [0.1, 0.15) is 11.6 Å². The molecule has 1 fully saturated rings. The number of piperazine rings is 1. The Kier molecular flexibility index (Phi) is 7.00. The van der Waals surface area contributed by atoms with Gasteiger partial charge in [-0.25, -0.2) is 0 Å². The average molecular weight is 342 g/mol. The first-order valence-electron chi connectivity index (χ1n) is 7.41. The number of hydrogen-bond donors (Lipinski definition) is 3. The largest absolute Gasteiger partial charge is 0.386 e. The topological polar surface area (TPSA) is 81.7 Å². The highest BCUT2D eigenvalue weighted by Gasteiger charge is 2.44. The molecule has 0 aliphatic carbocycles. The molecule has 0 radical (unpaired) electrons. The van der Waals surface area contributed by atoms with E-state index in [2.05, 4.69) is 10.6 Å². The van der Waals surface area contributed by atoms with Crippen molar-refractivity contribution in [3.8, 4) is 0 Å². The molecule has 2 atom stereocenters. The molecular weight excluding hydrogens is 318 g/mol. The summed E-state index contributed by atoms with van der Waals surface area (Å²) in [4.78, 5) is 25.2. The summed E-state index contributed by atoms with van der Waals surface area (Å²) in [5, 5.41) is 16.8. The lowest BCUT2D eigenvalue weighted by atomic mass is 9.85. The predicted molar refractivity (Wildman–Crippen MR) is 90.5 cm³/mol. The molecule has 1 aliphatic rings. The lowest BCUT2D eigenvalue weighted by Gasteiger charge is -2.41. The van der Waals surface area contributed by atoms with Crippen molar-refractivity contribution < 1.29 is 14.7 Å². The zero-order valence-corrected chi connectivity index (χ0v) is 14.2. The number of halogens is 1. The molecule has 2 amide bonds. The van der Waals surface area contributed by atoms with Crippen molar-refractivity contribution in [2.75, 3.05) is 26.7 Å². The van der Waals surface area contributed by atoms with Crippen molar-refractivity contribution >= 4 is 24.2 Å². The number of carbonyl (C=O) groups excluding carboxylic acids is 2. The van der Waals surface area contributed by atoms with Gasteiger partial charge in [-0.3, -0.25) is 9.59 Å². The number of hydrogen-bond acceptors (Lipinski definition) is 4. The summed E-state index contributed by atoms with van der Waals surface area (Å²) in [5.74, 6) is -0.391. The number of carbonyl (C=O) groups is 2. The Morgan fingerprint density at radius 3 is 2.70 bits per heavy atom. The fourth-order valence-electron chi connectivity index (χ4n) is 2.71. The molecule has 1 saturated heterocycles. The number of benzene rings is 1. The molecule has 0 aromatic heterocycles. The SMILES string of the molecule is CC(=O)NC[C@@](O)(Cc1ccccc1)C1NCCN(C)C1=O.Cl. The Balaban J connectivity index is 0.00000264. The van der Waals surface area contributed by atoms with Crippen LogP contribution in [-0.2, 0) is 16.0 Å². The highest BCUT2D eigenvalue weighted by molar-refractivity contribution is 5.85. The Morgan fingerprint density at radius 1 is 1.43 bits per heavy atom. The van der Waals surface area contributed by atoms with Gasteiger partial charge in [0.2, 0.25) is 11.8 Å². The third-order valence-corrected chi connectivity index (χ3v) is 3.95. The van der Waals surface area contributed by atoms with Crippen molar-refractivity contribution in [3.63, 3.8) is 0 Å². The molecule has 0 saturated carbocycles. The van der Waals surface area contributed by atoms with Crippen LogP contribution in [0.5, 0.6) is 0 Å². The van der Waals surface area contributed by atoms with Crippen molar-refractivity contribution in [1.82, 2.24) is 15.5 Å². The third-order valence-electron chi connectivity index (χ3n) is 3.95. The van der Waals surface area contributed by atoms with Crippen LogP contribution in [-0.4, -0.2) is 60.1 Å². The van der Waals surface area contributed by atoms with E-state index >= 15 is 0 Å². The summed E-state index contributed by atoms with van der Waals surface area (Å²) < 4.78 is 0. The van der Waals surface area contributed by atoms with Crippen LogP contribution in [0.2, 0.25) is 0 Å². The quantitative estimate of drug-likeness (QED) is 0.701. The summed E-state index contributed by atoms with van der Waals surface area (Å²) in [6, 6.07) is 8.73. The number of nitrogens with one attached hydrogen (secondary N) is 2. The highest BCUT2D eigenvalue weighted by atomic mass is 35.5. The van der Waals surface area contributed by atoms with E-state index in [1.165, 1.54) is 6.92 Å². The summed E-state index contributed by atoms with van der Waals surface area (Å²) in [6.45, 7) is 2.64. The first-order chi connectivity index (χ1) is 10.4. The molecule has 7 heteroatoms. The second kappa shape index (κ2) is 8.29. The summed E-state index contributed by atoms with van der Waals surface area (Å²) in [5.41, 5.74) is -0.461. The van der Waals surface area contributed by atoms with E-state index in [9.17, 15) is 14.7 Å². The van der Waals surface area contributed by atoms with Gasteiger partial charge in [-0.15, -0.1) is 12.4 Å². The Hall–Kier alpha value is -1.63. The number of aliphatic hydroxyl groups is 1. The predicted octanol–water partition coefficient (Wildman–Crippen LogP) is -0.0517. The Morgan fingerprint density at radius 2 is 2.09 bits per heavy atom. The molecule has 1 aliphatic heterocycles. The molecule has 1 aromatic carbocycles. The minimum Gasteiger partial charge on any atom is -0.386 e. The standard InChI is InChI=1S/C16H23N3O3.ClH/c1-12(20)18-11-16(22,10-13-6-4-3-5-7-13)14-15(21)19(2)9-8-17-14;/h3-7,14,17,22H,8-11H2,1-2H3,(H,18,20);1H/t14?,16-;/m0./s1. The molecule has 0 bridgehead atoms. The Bertz CT molecular complexity index is 541. The van der Waals surface area contributed by atoms with Gasteiger partial charge in [0, 0.05) is 40.0 Å². The van der Waals surface area contributed by atoms with Crippen LogP contribution in [0.25, 0.3) is 0 Å². The lowest BCUT2D eigenvalue weighted by molar-refractivity contribution is -0.143. The van der Waals surface area contributed by atoms with Gasteiger partial charge in [0.15, 0.2) is 0 Å². The van der Waals surface area contributed by atoms with Crippen molar-refractivity contribution in [3.05, 3.63) is 35.9 Å². The lowest BCUT2D eigenvalue weighted by Crippen LogP contribution is -2.67. The maximum atomic E-state index is 12.4. The van der Waals surface area contributed by atoms with Crippen LogP contribution in [0.1, 0.15) is 12.5 Å². The first kappa shape index (κ1) is 19.4. The summed E-state index contributed by atoms with van der Waals surface area (Å²) in [6.07, 6.45) is 0.283. The number of likely N-dealkylation sites (N-methyl/N-ethyl adjacent to an activating group) is 1. The fraction of sp³-hybridized carbons (Fsp3) is 0.500. The van der Waals surface area contributed by atoms with E-state index in [1.54, 1.807) is 11.9 Å². The van der Waals surface area contributed by atoms with E-state index in [-0.39, 0.29) is 37.2 Å². The normalized spacial score (nSPS) is 20.4. The van der Waals surface area contributed by atoms with Crippen molar-refractivity contribution in [1.29, 1.82) is 0 Å². The van der Waals surface area contributed by atoms with E-state index in [0.717, 1.165) is 5.56 Å². The van der Waals surface area contributed by atoms with Crippen molar-refractivity contribution in [2.45, 2.75) is 25.0 Å². The zero-order chi connectivity index (χ0) is 16.2. The molecule has 23 heavy (non-hydrogen) atoms. The molecule has 128 valence electrons. The third kappa shape index (κ3) is 4.92. The summed E-state index contributed by atoms with van der Waals surface area (Å²) in [7, 11) is 1.72. The van der Waals surface area contributed by atoms with Gasteiger partial charge in [0.25, 0.3) is 0 Å². The maximum absolute atomic E-state index is 12.4. The number of nitrogens with zero attached hydrogens (tertiary/aromatic N) is 1. The minimum absolute atomic E-state index is 0. The van der Waals surface area contributed by atoms with Gasteiger partial charge >= 0.3 is 0 Å². The van der Waals surface area contributed by atoms with Gasteiger partial charge < -0.3 is 20.6 Å². The monoisotopic (exact) mass is 341 g/mol. The van der Waals surface area contributed by atoms with Crippen LogP contribution in [0.3, 0.4) is 0 Å². The molecule has 1 heterocycles. The molecule has 1 aromatic rings. The minimum atomic E-state index is -1.38. The van der Waals surface area contributed by atoms with E-state index in [4.69, 9.17) is 0 Å². The number of rotatable bonds is 5. The highest BCUT2D eigenvalue weighted by Crippen LogP contribution is 2.20. The summed E-state index contributed by atoms with van der Waals surface area (Å²) >= 11 is 0. The smallest absolute Gasteiger partial charge is 0.242 e. The van der Waals surface area contributed by atoms with Gasteiger partial charge in [-0.2, -0.15) is 0 Å². The number of amides is 2.